The van der Waals surface area contributed by atoms with Crippen molar-refractivity contribution < 1.29 is 9.47 Å². The fourth-order valence-electron chi connectivity index (χ4n) is 3.61. The maximum absolute atomic E-state index is 5.94. The van der Waals surface area contributed by atoms with Gasteiger partial charge in [-0.25, -0.2) is 4.98 Å². The van der Waals surface area contributed by atoms with E-state index < -0.39 is 0 Å². The first-order chi connectivity index (χ1) is 13.3. The quantitative estimate of drug-likeness (QED) is 0.385. The van der Waals surface area contributed by atoms with Crippen LogP contribution in [0.25, 0.3) is 11.3 Å². The molecule has 2 unspecified atom stereocenters. The van der Waals surface area contributed by atoms with E-state index in [2.05, 4.69) is 32.7 Å². The Morgan fingerprint density at radius 2 is 2.07 bits per heavy atom. The first-order valence-electron chi connectivity index (χ1n) is 9.52. The van der Waals surface area contributed by atoms with E-state index in [-0.39, 0.29) is 36.2 Å². The van der Waals surface area contributed by atoms with Crippen LogP contribution in [0.3, 0.4) is 0 Å². The van der Waals surface area contributed by atoms with E-state index in [0.717, 1.165) is 54.8 Å². The summed E-state index contributed by atoms with van der Waals surface area (Å²) in [6.07, 6.45) is 2.57. The van der Waals surface area contributed by atoms with E-state index in [0.29, 0.717) is 13.2 Å². The number of nitrogens with one attached hydrogen (secondary N) is 1. The van der Waals surface area contributed by atoms with Gasteiger partial charge in [-0.15, -0.1) is 35.3 Å². The van der Waals surface area contributed by atoms with Crippen LogP contribution >= 0.6 is 35.3 Å². The Morgan fingerprint density at radius 1 is 1.25 bits per heavy atom. The number of benzene rings is 1. The lowest BCUT2D eigenvalue weighted by Gasteiger charge is -2.37. The molecule has 2 aliphatic heterocycles. The molecule has 0 bridgehead atoms. The van der Waals surface area contributed by atoms with Crippen molar-refractivity contribution in [3.8, 4) is 11.3 Å². The number of aromatic nitrogens is 1. The summed E-state index contributed by atoms with van der Waals surface area (Å²) in [7, 11) is 1.83. The van der Waals surface area contributed by atoms with Crippen LogP contribution in [0.1, 0.15) is 17.8 Å². The number of morpholine rings is 1. The molecule has 3 heterocycles. The topological polar surface area (TPSA) is 59.0 Å². The van der Waals surface area contributed by atoms with Crippen molar-refractivity contribution in [1.82, 2.24) is 15.2 Å². The number of hydrogen-bond donors (Lipinski definition) is 1. The number of guanidine groups is 1. The van der Waals surface area contributed by atoms with Gasteiger partial charge in [-0.05, 0) is 12.8 Å². The molecule has 0 saturated carbocycles. The van der Waals surface area contributed by atoms with Gasteiger partial charge in [0.15, 0.2) is 5.96 Å². The van der Waals surface area contributed by atoms with Gasteiger partial charge >= 0.3 is 0 Å². The number of aliphatic imine (C=N–C) groups is 1. The van der Waals surface area contributed by atoms with Gasteiger partial charge in [-0.1, -0.05) is 30.3 Å². The lowest BCUT2D eigenvalue weighted by molar-refractivity contribution is -0.0817. The minimum Gasteiger partial charge on any atom is -0.375 e. The lowest BCUT2D eigenvalue weighted by Crippen LogP contribution is -2.53. The molecule has 2 aromatic rings. The molecular weight excluding hydrogens is 487 g/mol. The Kier molecular flexibility index (Phi) is 8.07. The molecule has 2 aliphatic rings. The van der Waals surface area contributed by atoms with Crippen LogP contribution in [0, 0.1) is 0 Å². The molecule has 2 fully saturated rings. The summed E-state index contributed by atoms with van der Waals surface area (Å²) in [5.41, 5.74) is 2.18. The van der Waals surface area contributed by atoms with Gasteiger partial charge < -0.3 is 19.7 Å². The summed E-state index contributed by atoms with van der Waals surface area (Å²) in [6, 6.07) is 10.3. The van der Waals surface area contributed by atoms with E-state index in [1.54, 1.807) is 11.3 Å². The summed E-state index contributed by atoms with van der Waals surface area (Å²) in [5.74, 6) is 0.901. The molecule has 0 spiro atoms. The van der Waals surface area contributed by atoms with Crippen molar-refractivity contribution in [3.63, 3.8) is 0 Å². The van der Waals surface area contributed by atoms with Gasteiger partial charge in [0, 0.05) is 37.7 Å². The van der Waals surface area contributed by atoms with Crippen LogP contribution in [0.5, 0.6) is 0 Å². The standard InChI is InChI=1S/C20H26N4O2S.HI/c1-21-20(24-9-11-26-18(13-24)17-8-5-10-25-17)22-12-19-23-16(14-27-19)15-6-3-2-4-7-15;/h2-4,6-7,14,17-18H,5,8-13H2,1H3,(H,21,22);1H. The minimum atomic E-state index is 0. The average molecular weight is 514 g/mol. The predicted molar refractivity (Wildman–Crippen MR) is 123 cm³/mol. The number of ether oxygens (including phenoxy) is 2. The maximum Gasteiger partial charge on any atom is 0.194 e. The summed E-state index contributed by atoms with van der Waals surface area (Å²) in [4.78, 5) is 11.5. The van der Waals surface area contributed by atoms with Crippen molar-refractivity contribution in [2.75, 3.05) is 33.4 Å². The monoisotopic (exact) mass is 514 g/mol. The van der Waals surface area contributed by atoms with E-state index >= 15 is 0 Å². The number of hydrogen-bond acceptors (Lipinski definition) is 5. The largest absolute Gasteiger partial charge is 0.375 e. The summed E-state index contributed by atoms with van der Waals surface area (Å²) >= 11 is 1.67. The second kappa shape index (κ2) is 10.5. The zero-order valence-electron chi connectivity index (χ0n) is 16.0. The Balaban J connectivity index is 0.00000225. The van der Waals surface area contributed by atoms with Crippen molar-refractivity contribution >= 4 is 41.3 Å². The van der Waals surface area contributed by atoms with Crippen LogP contribution in [0.15, 0.2) is 40.7 Å². The molecule has 2 atom stereocenters. The molecule has 28 heavy (non-hydrogen) atoms. The first-order valence-corrected chi connectivity index (χ1v) is 10.4. The lowest BCUT2D eigenvalue weighted by atomic mass is 10.1. The molecule has 0 amide bonds. The van der Waals surface area contributed by atoms with Crippen molar-refractivity contribution in [2.24, 2.45) is 4.99 Å². The predicted octanol–water partition coefficient (Wildman–Crippen LogP) is 3.38. The number of nitrogens with zero attached hydrogens (tertiary/aromatic N) is 3. The normalized spacial score (nSPS) is 22.8. The molecule has 6 nitrogen and oxygen atoms in total. The second-order valence-electron chi connectivity index (χ2n) is 6.80. The third kappa shape index (κ3) is 5.22. The van der Waals surface area contributed by atoms with Crippen molar-refractivity contribution in [3.05, 3.63) is 40.7 Å². The van der Waals surface area contributed by atoms with E-state index in [1.807, 2.05) is 25.2 Å². The van der Waals surface area contributed by atoms with Gasteiger partial charge in [0.25, 0.3) is 0 Å². The maximum atomic E-state index is 5.94. The Bertz CT molecular complexity index is 765. The highest BCUT2D eigenvalue weighted by atomic mass is 127. The Hall–Kier alpha value is -1.23. The molecular formula is C20H27IN4O2S. The second-order valence-corrected chi connectivity index (χ2v) is 7.74. The van der Waals surface area contributed by atoms with Crippen molar-refractivity contribution in [2.45, 2.75) is 31.6 Å². The van der Waals surface area contributed by atoms with Crippen molar-refractivity contribution in [1.29, 1.82) is 0 Å². The molecule has 0 aliphatic carbocycles. The number of thiazole rings is 1. The van der Waals surface area contributed by atoms with Crippen LogP contribution < -0.4 is 5.32 Å². The van der Waals surface area contributed by atoms with Gasteiger partial charge in [0.05, 0.1) is 24.9 Å². The minimum absolute atomic E-state index is 0. The smallest absolute Gasteiger partial charge is 0.194 e. The summed E-state index contributed by atoms with van der Waals surface area (Å²) in [6.45, 7) is 3.89. The highest BCUT2D eigenvalue weighted by molar-refractivity contribution is 14.0. The fourth-order valence-corrected chi connectivity index (χ4v) is 4.35. The average Bonchev–Trinajstić information content (AvgIpc) is 3.42. The third-order valence-electron chi connectivity index (χ3n) is 5.00. The zero-order chi connectivity index (χ0) is 18.5. The van der Waals surface area contributed by atoms with Gasteiger partial charge in [0.1, 0.15) is 11.1 Å². The number of halogens is 1. The molecule has 2 saturated heterocycles. The molecule has 1 N–H and O–H groups in total. The molecule has 152 valence electrons. The zero-order valence-corrected chi connectivity index (χ0v) is 19.2. The molecule has 0 radical (unpaired) electrons. The van der Waals surface area contributed by atoms with Gasteiger partial charge in [-0.2, -0.15) is 0 Å². The van der Waals surface area contributed by atoms with Gasteiger partial charge in [0.2, 0.25) is 0 Å². The molecule has 4 rings (SSSR count). The summed E-state index contributed by atoms with van der Waals surface area (Å²) < 4.78 is 11.8. The third-order valence-corrected chi connectivity index (χ3v) is 5.85. The Labute approximate surface area is 187 Å². The number of rotatable bonds is 4. The molecule has 1 aromatic carbocycles. The SMILES string of the molecule is CN=C(NCc1nc(-c2ccccc2)cs1)N1CCOC(C2CCCO2)C1.I. The highest BCUT2D eigenvalue weighted by Crippen LogP contribution is 2.22. The Morgan fingerprint density at radius 3 is 2.82 bits per heavy atom. The van der Waals surface area contributed by atoms with Crippen LogP contribution in [0.4, 0.5) is 0 Å². The molecule has 8 heteroatoms. The van der Waals surface area contributed by atoms with E-state index in [9.17, 15) is 0 Å². The first kappa shape index (κ1) is 21.5. The van der Waals surface area contributed by atoms with E-state index in [1.165, 1.54) is 0 Å². The van der Waals surface area contributed by atoms with Crippen LogP contribution in [0.2, 0.25) is 0 Å². The highest BCUT2D eigenvalue weighted by Gasteiger charge is 2.32. The van der Waals surface area contributed by atoms with Crippen LogP contribution in [-0.2, 0) is 16.0 Å². The van der Waals surface area contributed by atoms with Crippen LogP contribution in [-0.4, -0.2) is 61.4 Å². The van der Waals surface area contributed by atoms with Gasteiger partial charge in [-0.3, -0.25) is 4.99 Å². The molecule has 1 aromatic heterocycles. The van der Waals surface area contributed by atoms with E-state index in [4.69, 9.17) is 14.5 Å². The summed E-state index contributed by atoms with van der Waals surface area (Å²) in [5, 5.41) is 6.62. The fraction of sp³-hybridized carbons (Fsp3) is 0.500.